The van der Waals surface area contributed by atoms with E-state index in [1.165, 1.54) is 40.8 Å². The third-order valence-corrected chi connectivity index (χ3v) is 7.05. The summed E-state index contributed by atoms with van der Waals surface area (Å²) in [6.45, 7) is 0. The van der Waals surface area contributed by atoms with E-state index < -0.39 is 20.9 Å². The summed E-state index contributed by atoms with van der Waals surface area (Å²) >= 11 is 0. The number of hydrogen-bond donors (Lipinski definition) is 1. The van der Waals surface area contributed by atoms with Crippen LogP contribution in [0.25, 0.3) is 0 Å². The highest BCUT2D eigenvalue weighted by Crippen LogP contribution is 2.27. The Morgan fingerprint density at radius 2 is 1.83 bits per heavy atom. The molecule has 29 heavy (non-hydrogen) atoms. The number of rotatable bonds is 6. The Balaban J connectivity index is 1.76. The van der Waals surface area contributed by atoms with E-state index in [1.807, 2.05) is 0 Å². The highest BCUT2D eigenvalue weighted by molar-refractivity contribution is 7.89. The molecule has 0 bridgehead atoms. The van der Waals surface area contributed by atoms with E-state index in [0.29, 0.717) is 0 Å². The quantitative estimate of drug-likeness (QED) is 0.568. The molecule has 3 rings (SSSR count). The predicted molar refractivity (Wildman–Crippen MR) is 107 cm³/mol. The first kappa shape index (κ1) is 20.9. The molecule has 0 saturated heterocycles. The van der Waals surface area contributed by atoms with Crippen molar-refractivity contribution in [1.82, 2.24) is 9.29 Å². The van der Waals surface area contributed by atoms with Crippen LogP contribution in [0, 0.1) is 10.1 Å². The van der Waals surface area contributed by atoms with Gasteiger partial charge in [0.25, 0.3) is 5.91 Å². The van der Waals surface area contributed by atoms with Gasteiger partial charge in [-0.1, -0.05) is 19.3 Å². The van der Waals surface area contributed by atoms with Gasteiger partial charge in [0, 0.05) is 24.8 Å². The molecule has 2 aromatic rings. The summed E-state index contributed by atoms with van der Waals surface area (Å²) < 4.78 is 27.2. The summed E-state index contributed by atoms with van der Waals surface area (Å²) in [7, 11) is -2.06. The van der Waals surface area contributed by atoms with E-state index in [9.17, 15) is 23.3 Å². The molecule has 1 fully saturated rings. The maximum Gasteiger partial charge on any atom is 0.310 e. The number of anilines is 1. The van der Waals surface area contributed by atoms with E-state index >= 15 is 0 Å². The summed E-state index contributed by atoms with van der Waals surface area (Å²) in [4.78, 5) is 26.6. The number of nitro groups is 1. The molecule has 1 aliphatic carbocycles. The number of nitrogens with one attached hydrogen (secondary N) is 1. The molecule has 1 saturated carbocycles. The number of aromatic nitrogens is 1. The molecule has 0 unspecified atom stereocenters. The van der Waals surface area contributed by atoms with Crippen molar-refractivity contribution >= 4 is 27.3 Å². The van der Waals surface area contributed by atoms with Crippen LogP contribution in [-0.4, -0.2) is 41.6 Å². The summed E-state index contributed by atoms with van der Waals surface area (Å²) in [6.07, 6.45) is 7.24. The van der Waals surface area contributed by atoms with Crippen molar-refractivity contribution in [3.8, 4) is 0 Å². The molecule has 1 aliphatic rings. The molecule has 1 heterocycles. The Hall–Kier alpha value is -2.85. The summed E-state index contributed by atoms with van der Waals surface area (Å²) in [5.74, 6) is -0.580. The monoisotopic (exact) mass is 418 g/mol. The number of benzene rings is 1. The SMILES string of the molecule is CN(C1CCCCC1)S(=O)(=O)c1ccc(C(=O)Nc2ccncc2[N+](=O)[O-])cc1. The van der Waals surface area contributed by atoms with Crippen molar-refractivity contribution in [3.63, 3.8) is 0 Å². The molecule has 0 aliphatic heterocycles. The number of hydrogen-bond acceptors (Lipinski definition) is 6. The number of amides is 1. The van der Waals surface area contributed by atoms with Gasteiger partial charge in [-0.2, -0.15) is 4.31 Å². The van der Waals surface area contributed by atoms with Gasteiger partial charge in [-0.3, -0.25) is 19.9 Å². The molecule has 9 nitrogen and oxygen atoms in total. The summed E-state index contributed by atoms with van der Waals surface area (Å²) in [5, 5.41) is 13.5. The van der Waals surface area contributed by atoms with Gasteiger partial charge in [0.2, 0.25) is 10.0 Å². The normalized spacial score (nSPS) is 15.2. The molecule has 0 spiro atoms. The van der Waals surface area contributed by atoms with Crippen molar-refractivity contribution in [1.29, 1.82) is 0 Å². The number of carbonyl (C=O) groups excluding carboxylic acids is 1. The molecule has 1 aromatic carbocycles. The summed E-state index contributed by atoms with van der Waals surface area (Å²) in [5.41, 5.74) is -0.117. The lowest BCUT2D eigenvalue weighted by Gasteiger charge is -2.30. The van der Waals surface area contributed by atoms with E-state index in [2.05, 4.69) is 10.3 Å². The number of pyridine rings is 1. The second-order valence-corrected chi connectivity index (χ2v) is 8.94. The standard InChI is InChI=1S/C19H22N4O5S/c1-22(15-5-3-2-4-6-15)29(27,28)16-9-7-14(8-10-16)19(24)21-17-11-12-20-13-18(17)23(25)26/h7-13,15H,2-6H2,1H3,(H,20,21,24). The maximum atomic E-state index is 12.9. The topological polar surface area (TPSA) is 123 Å². The second kappa shape index (κ2) is 8.66. The van der Waals surface area contributed by atoms with E-state index in [4.69, 9.17) is 0 Å². The zero-order chi connectivity index (χ0) is 21.0. The fourth-order valence-electron chi connectivity index (χ4n) is 3.42. The molecular formula is C19H22N4O5S. The van der Waals surface area contributed by atoms with Crippen molar-refractivity contribution in [2.24, 2.45) is 0 Å². The molecule has 154 valence electrons. The lowest BCUT2D eigenvalue weighted by Crippen LogP contribution is -2.38. The second-order valence-electron chi connectivity index (χ2n) is 6.94. The maximum absolute atomic E-state index is 12.9. The van der Waals surface area contributed by atoms with Gasteiger partial charge < -0.3 is 5.32 Å². The van der Waals surface area contributed by atoms with Gasteiger partial charge in [-0.25, -0.2) is 8.42 Å². The van der Waals surface area contributed by atoms with Crippen molar-refractivity contribution in [2.75, 3.05) is 12.4 Å². The van der Waals surface area contributed by atoms with Gasteiger partial charge in [-0.15, -0.1) is 0 Å². The first-order valence-corrected chi connectivity index (χ1v) is 10.7. The number of nitrogens with zero attached hydrogens (tertiary/aromatic N) is 3. The Labute approximate surface area is 169 Å². The average Bonchev–Trinajstić information content (AvgIpc) is 2.74. The predicted octanol–water partition coefficient (Wildman–Crippen LogP) is 3.20. The zero-order valence-corrected chi connectivity index (χ0v) is 16.8. The first-order chi connectivity index (χ1) is 13.8. The molecule has 1 amide bonds. The Kier molecular flexibility index (Phi) is 6.23. The largest absolute Gasteiger partial charge is 0.316 e. The van der Waals surface area contributed by atoms with Crippen LogP contribution in [0.3, 0.4) is 0 Å². The smallest absolute Gasteiger partial charge is 0.310 e. The fraction of sp³-hybridized carbons (Fsp3) is 0.368. The molecule has 0 radical (unpaired) electrons. The molecule has 1 N–H and O–H groups in total. The zero-order valence-electron chi connectivity index (χ0n) is 15.9. The third kappa shape index (κ3) is 4.60. The van der Waals surface area contributed by atoms with Crippen LogP contribution in [0.2, 0.25) is 0 Å². The van der Waals surface area contributed by atoms with Gasteiger partial charge in [0.15, 0.2) is 0 Å². The lowest BCUT2D eigenvalue weighted by molar-refractivity contribution is -0.384. The number of sulfonamides is 1. The van der Waals surface area contributed by atoms with Crippen LogP contribution in [-0.2, 0) is 10.0 Å². The third-order valence-electron chi connectivity index (χ3n) is 5.13. The van der Waals surface area contributed by atoms with Crippen molar-refractivity contribution in [3.05, 3.63) is 58.4 Å². The van der Waals surface area contributed by atoms with E-state index in [1.54, 1.807) is 7.05 Å². The minimum Gasteiger partial charge on any atom is -0.316 e. The van der Waals surface area contributed by atoms with Crippen LogP contribution in [0.5, 0.6) is 0 Å². The van der Waals surface area contributed by atoms with Gasteiger partial charge in [0.1, 0.15) is 11.9 Å². The molecular weight excluding hydrogens is 396 g/mol. The van der Waals surface area contributed by atoms with E-state index in [0.717, 1.165) is 38.3 Å². The van der Waals surface area contributed by atoms with Gasteiger partial charge in [0.05, 0.1) is 9.82 Å². The Morgan fingerprint density at radius 3 is 2.45 bits per heavy atom. The van der Waals surface area contributed by atoms with Gasteiger partial charge >= 0.3 is 5.69 Å². The van der Waals surface area contributed by atoms with E-state index in [-0.39, 0.29) is 27.9 Å². The van der Waals surface area contributed by atoms with Gasteiger partial charge in [-0.05, 0) is 43.2 Å². The van der Waals surface area contributed by atoms with Crippen molar-refractivity contribution < 1.29 is 18.1 Å². The van der Waals surface area contributed by atoms with Crippen LogP contribution < -0.4 is 5.32 Å². The Morgan fingerprint density at radius 1 is 1.17 bits per heavy atom. The lowest BCUT2D eigenvalue weighted by atomic mass is 9.96. The highest BCUT2D eigenvalue weighted by Gasteiger charge is 2.29. The van der Waals surface area contributed by atoms with Crippen LogP contribution in [0.1, 0.15) is 42.5 Å². The van der Waals surface area contributed by atoms with Crippen LogP contribution in [0.4, 0.5) is 11.4 Å². The van der Waals surface area contributed by atoms with Crippen LogP contribution >= 0.6 is 0 Å². The minimum absolute atomic E-state index is 0.0102. The van der Waals surface area contributed by atoms with Crippen molar-refractivity contribution in [2.45, 2.75) is 43.0 Å². The number of carbonyl (C=O) groups is 1. The molecule has 1 aromatic heterocycles. The average molecular weight is 418 g/mol. The Bertz CT molecular complexity index is 1000. The molecule has 10 heteroatoms. The highest BCUT2D eigenvalue weighted by atomic mass is 32.2. The summed E-state index contributed by atoms with van der Waals surface area (Å²) in [6, 6.07) is 6.86. The minimum atomic E-state index is -3.65. The molecule has 0 atom stereocenters. The van der Waals surface area contributed by atoms with Crippen LogP contribution in [0.15, 0.2) is 47.6 Å². The first-order valence-electron chi connectivity index (χ1n) is 9.28. The fourth-order valence-corrected chi connectivity index (χ4v) is 4.83.